The predicted octanol–water partition coefficient (Wildman–Crippen LogP) is 3.14. The zero-order valence-corrected chi connectivity index (χ0v) is 19.0. The fourth-order valence-electron chi connectivity index (χ4n) is 3.86. The summed E-state index contributed by atoms with van der Waals surface area (Å²) < 4.78 is 8.46. The number of benzene rings is 2. The minimum atomic E-state index is -0.232. The van der Waals surface area contributed by atoms with Crippen LogP contribution in [0.25, 0.3) is 17.2 Å². The van der Waals surface area contributed by atoms with Gasteiger partial charge < -0.3 is 14.6 Å². The molecule has 1 N–H and O–H groups in total. The molecule has 0 fully saturated rings. The first-order valence-corrected chi connectivity index (χ1v) is 11.0. The Morgan fingerprint density at radius 1 is 1.09 bits per heavy atom. The molecule has 2 aromatic carbocycles. The molecule has 0 spiro atoms. The van der Waals surface area contributed by atoms with Crippen LogP contribution in [0.15, 0.2) is 59.4 Å². The monoisotopic (exact) mass is 445 g/mol. The largest absolute Gasteiger partial charge is 0.497 e. The molecule has 2 aromatic heterocycles. The molecule has 33 heavy (non-hydrogen) atoms. The standard InChI is InChI=1S/C25H27N5O3/c1-4-29-17(2)21(14-15-22(31)26-16-18-10-12-20(33-3)13-11-18)24(32)30-25(29)27-23(28-30)19-8-6-5-7-9-19/h5-13H,4,14-16H2,1-3H3,(H,26,31). The van der Waals surface area contributed by atoms with E-state index in [4.69, 9.17) is 4.74 Å². The molecule has 0 aliphatic heterocycles. The van der Waals surface area contributed by atoms with Crippen LogP contribution in [0.5, 0.6) is 5.75 Å². The number of carbonyl (C=O) groups is 1. The van der Waals surface area contributed by atoms with Crippen molar-refractivity contribution in [2.45, 2.75) is 39.8 Å². The summed E-state index contributed by atoms with van der Waals surface area (Å²) in [5, 5.41) is 7.39. The van der Waals surface area contributed by atoms with Crippen molar-refractivity contribution in [1.29, 1.82) is 0 Å². The molecule has 0 saturated heterocycles. The van der Waals surface area contributed by atoms with Crippen LogP contribution >= 0.6 is 0 Å². The van der Waals surface area contributed by atoms with Crippen LogP contribution in [0.2, 0.25) is 0 Å². The molecule has 4 rings (SSSR count). The van der Waals surface area contributed by atoms with Crippen LogP contribution in [-0.2, 0) is 24.3 Å². The van der Waals surface area contributed by atoms with Crippen molar-refractivity contribution in [2.75, 3.05) is 7.11 Å². The van der Waals surface area contributed by atoms with Crippen LogP contribution in [0, 0.1) is 6.92 Å². The van der Waals surface area contributed by atoms with Crippen molar-refractivity contribution < 1.29 is 9.53 Å². The third-order valence-electron chi connectivity index (χ3n) is 5.72. The highest BCUT2D eigenvalue weighted by atomic mass is 16.5. The van der Waals surface area contributed by atoms with E-state index in [1.807, 2.05) is 73.0 Å². The van der Waals surface area contributed by atoms with Crippen molar-refractivity contribution in [1.82, 2.24) is 24.5 Å². The van der Waals surface area contributed by atoms with Gasteiger partial charge in [0.05, 0.1) is 7.11 Å². The second-order valence-electron chi connectivity index (χ2n) is 7.75. The first-order chi connectivity index (χ1) is 16.0. The van der Waals surface area contributed by atoms with E-state index >= 15 is 0 Å². The van der Waals surface area contributed by atoms with E-state index in [2.05, 4.69) is 15.4 Å². The number of aryl methyl sites for hydroxylation is 1. The third-order valence-corrected chi connectivity index (χ3v) is 5.72. The number of rotatable bonds is 8. The Morgan fingerprint density at radius 3 is 2.48 bits per heavy atom. The zero-order chi connectivity index (χ0) is 23.4. The molecular weight excluding hydrogens is 418 g/mol. The Hall–Kier alpha value is -3.94. The number of amides is 1. The van der Waals surface area contributed by atoms with Crippen molar-refractivity contribution in [3.05, 3.63) is 81.8 Å². The predicted molar refractivity (Wildman–Crippen MR) is 126 cm³/mol. The van der Waals surface area contributed by atoms with E-state index in [0.29, 0.717) is 36.7 Å². The summed E-state index contributed by atoms with van der Waals surface area (Å²) in [5.74, 6) is 1.67. The number of fused-ring (bicyclic) bond motifs is 1. The van der Waals surface area contributed by atoms with Gasteiger partial charge in [0.1, 0.15) is 5.75 Å². The smallest absolute Gasteiger partial charge is 0.279 e. The molecule has 2 heterocycles. The summed E-state index contributed by atoms with van der Waals surface area (Å²) in [7, 11) is 1.62. The van der Waals surface area contributed by atoms with E-state index in [9.17, 15) is 9.59 Å². The van der Waals surface area contributed by atoms with E-state index in [1.165, 1.54) is 4.52 Å². The van der Waals surface area contributed by atoms with Crippen molar-refractivity contribution in [3.63, 3.8) is 0 Å². The average molecular weight is 446 g/mol. The summed E-state index contributed by atoms with van der Waals surface area (Å²) in [6.07, 6.45) is 0.539. The molecule has 0 radical (unpaired) electrons. The SMILES string of the molecule is CCn1c(C)c(CCC(=O)NCc2ccc(OC)cc2)c(=O)n2nc(-c3ccccc3)nc12. The van der Waals surface area contributed by atoms with Crippen molar-refractivity contribution >= 4 is 11.7 Å². The molecule has 1 amide bonds. The maximum absolute atomic E-state index is 13.2. The van der Waals surface area contributed by atoms with Gasteiger partial charge in [0, 0.05) is 36.3 Å². The minimum Gasteiger partial charge on any atom is -0.497 e. The van der Waals surface area contributed by atoms with Gasteiger partial charge in [0.15, 0.2) is 5.82 Å². The molecule has 4 aromatic rings. The molecule has 8 heteroatoms. The fourth-order valence-corrected chi connectivity index (χ4v) is 3.86. The second kappa shape index (κ2) is 9.68. The number of nitrogens with zero attached hydrogens (tertiary/aromatic N) is 4. The molecule has 8 nitrogen and oxygen atoms in total. The Bertz CT molecular complexity index is 1320. The summed E-state index contributed by atoms with van der Waals surface area (Å²) in [6, 6.07) is 17.1. The highest BCUT2D eigenvalue weighted by Gasteiger charge is 2.18. The normalized spacial score (nSPS) is 11.0. The average Bonchev–Trinajstić information content (AvgIpc) is 3.29. The van der Waals surface area contributed by atoms with Crippen LogP contribution in [0.3, 0.4) is 0 Å². The molecule has 0 aliphatic carbocycles. The maximum Gasteiger partial charge on any atom is 0.279 e. The topological polar surface area (TPSA) is 90.5 Å². The summed E-state index contributed by atoms with van der Waals surface area (Å²) in [5.41, 5.74) is 2.98. The lowest BCUT2D eigenvalue weighted by atomic mass is 10.1. The first-order valence-electron chi connectivity index (χ1n) is 11.0. The van der Waals surface area contributed by atoms with Gasteiger partial charge in [-0.1, -0.05) is 42.5 Å². The summed E-state index contributed by atoms with van der Waals surface area (Å²) in [4.78, 5) is 30.3. The van der Waals surface area contributed by atoms with Gasteiger partial charge in [0.25, 0.3) is 5.56 Å². The summed E-state index contributed by atoms with van der Waals surface area (Å²) in [6.45, 7) is 4.95. The molecule has 0 aliphatic rings. The Balaban J connectivity index is 1.53. The van der Waals surface area contributed by atoms with E-state index < -0.39 is 0 Å². The van der Waals surface area contributed by atoms with Crippen molar-refractivity contribution in [2.24, 2.45) is 0 Å². The number of aromatic nitrogens is 4. The van der Waals surface area contributed by atoms with Gasteiger partial charge in [0.2, 0.25) is 11.7 Å². The number of hydrogen-bond donors (Lipinski definition) is 1. The fraction of sp³-hybridized carbons (Fsp3) is 0.280. The number of methoxy groups -OCH3 is 1. The van der Waals surface area contributed by atoms with Gasteiger partial charge in [-0.25, -0.2) is 0 Å². The van der Waals surface area contributed by atoms with Crippen molar-refractivity contribution in [3.8, 4) is 17.1 Å². The Kier molecular flexibility index (Phi) is 6.53. The number of nitrogens with one attached hydrogen (secondary N) is 1. The number of carbonyl (C=O) groups excluding carboxylic acids is 1. The van der Waals surface area contributed by atoms with Gasteiger partial charge in [-0.15, -0.1) is 5.10 Å². The molecular formula is C25H27N5O3. The molecule has 0 saturated carbocycles. The third kappa shape index (κ3) is 4.64. The lowest BCUT2D eigenvalue weighted by molar-refractivity contribution is -0.121. The summed E-state index contributed by atoms with van der Waals surface area (Å²) >= 11 is 0. The highest BCUT2D eigenvalue weighted by Crippen LogP contribution is 2.17. The lowest BCUT2D eigenvalue weighted by Crippen LogP contribution is -2.28. The van der Waals surface area contributed by atoms with E-state index in [0.717, 1.165) is 22.6 Å². The molecule has 0 atom stereocenters. The van der Waals surface area contributed by atoms with Gasteiger partial charge in [-0.05, 0) is 38.0 Å². The maximum atomic E-state index is 13.2. The molecule has 0 bridgehead atoms. The number of ether oxygens (including phenoxy) is 1. The quantitative estimate of drug-likeness (QED) is 0.450. The van der Waals surface area contributed by atoms with E-state index in [1.54, 1.807) is 7.11 Å². The number of hydrogen-bond acceptors (Lipinski definition) is 5. The van der Waals surface area contributed by atoms with E-state index in [-0.39, 0.29) is 17.9 Å². The second-order valence-corrected chi connectivity index (χ2v) is 7.75. The molecule has 170 valence electrons. The van der Waals surface area contributed by atoms with Crippen LogP contribution < -0.4 is 15.6 Å². The minimum absolute atomic E-state index is 0.115. The van der Waals surface area contributed by atoms with Crippen LogP contribution in [0.4, 0.5) is 0 Å². The Morgan fingerprint density at radius 2 is 1.82 bits per heavy atom. The lowest BCUT2D eigenvalue weighted by Gasteiger charge is -2.13. The first kappa shape index (κ1) is 22.3. The zero-order valence-electron chi connectivity index (χ0n) is 19.0. The van der Waals surface area contributed by atoms with Gasteiger partial charge >= 0.3 is 0 Å². The van der Waals surface area contributed by atoms with Gasteiger partial charge in [-0.3, -0.25) is 9.59 Å². The van der Waals surface area contributed by atoms with Crippen LogP contribution in [0.1, 0.15) is 30.2 Å². The van der Waals surface area contributed by atoms with Gasteiger partial charge in [-0.2, -0.15) is 9.50 Å². The molecule has 0 unspecified atom stereocenters. The highest BCUT2D eigenvalue weighted by molar-refractivity contribution is 5.76. The Labute approximate surface area is 191 Å². The van der Waals surface area contributed by atoms with Crippen LogP contribution in [-0.4, -0.2) is 32.2 Å².